The number of rotatable bonds is 7. The number of carboxylic acid groups (broad SMARTS) is 1. The second-order valence-electron chi connectivity index (χ2n) is 3.92. The van der Waals surface area contributed by atoms with Crippen LogP contribution < -0.4 is 0 Å². The predicted molar refractivity (Wildman–Crippen MR) is 59.5 cm³/mol. The van der Waals surface area contributed by atoms with Gasteiger partial charge in [0.1, 0.15) is 5.60 Å². The van der Waals surface area contributed by atoms with Crippen molar-refractivity contribution < 1.29 is 19.2 Å². The molecule has 1 aromatic rings. The highest BCUT2D eigenvalue weighted by Crippen LogP contribution is 2.26. The van der Waals surface area contributed by atoms with Crippen LogP contribution in [0.15, 0.2) is 4.52 Å². The molecular formula is C11H18N2O4. The van der Waals surface area contributed by atoms with E-state index in [0.29, 0.717) is 18.3 Å². The van der Waals surface area contributed by atoms with Crippen LogP contribution in [0.1, 0.15) is 45.3 Å². The molecule has 0 aliphatic heterocycles. The van der Waals surface area contributed by atoms with E-state index in [1.807, 2.05) is 20.8 Å². The number of aliphatic carboxylic acids is 1. The molecule has 0 saturated carbocycles. The number of nitrogens with zero attached hydrogens (tertiary/aromatic N) is 2. The van der Waals surface area contributed by atoms with Gasteiger partial charge in [-0.15, -0.1) is 0 Å². The Hall–Kier alpha value is -1.43. The topological polar surface area (TPSA) is 85.5 Å². The summed E-state index contributed by atoms with van der Waals surface area (Å²) in [5.41, 5.74) is -0.570. The monoisotopic (exact) mass is 242 g/mol. The van der Waals surface area contributed by atoms with Crippen LogP contribution in [-0.4, -0.2) is 27.8 Å². The van der Waals surface area contributed by atoms with Crippen molar-refractivity contribution in [1.82, 2.24) is 10.1 Å². The van der Waals surface area contributed by atoms with Crippen LogP contribution in [0.25, 0.3) is 0 Å². The highest BCUT2D eigenvalue weighted by atomic mass is 16.5. The fourth-order valence-corrected chi connectivity index (χ4v) is 1.43. The lowest BCUT2D eigenvalue weighted by atomic mass is 10.0. The predicted octanol–water partition coefficient (Wildman–Crippen LogP) is 1.75. The first kappa shape index (κ1) is 13.6. The van der Waals surface area contributed by atoms with Crippen LogP contribution in [0.4, 0.5) is 0 Å². The maximum atomic E-state index is 10.4. The third-order valence-corrected chi connectivity index (χ3v) is 2.63. The van der Waals surface area contributed by atoms with Crippen molar-refractivity contribution in [3.63, 3.8) is 0 Å². The van der Waals surface area contributed by atoms with Gasteiger partial charge in [-0.1, -0.05) is 12.1 Å². The average molecular weight is 242 g/mol. The van der Waals surface area contributed by atoms with Gasteiger partial charge in [0.25, 0.3) is 0 Å². The summed E-state index contributed by atoms with van der Waals surface area (Å²) < 4.78 is 10.6. The van der Waals surface area contributed by atoms with Crippen molar-refractivity contribution in [3.8, 4) is 0 Å². The van der Waals surface area contributed by atoms with E-state index < -0.39 is 11.6 Å². The van der Waals surface area contributed by atoms with Gasteiger partial charge in [0.2, 0.25) is 11.7 Å². The summed E-state index contributed by atoms with van der Waals surface area (Å²) in [5, 5.41) is 12.4. The Balaban J connectivity index is 2.74. The lowest BCUT2D eigenvalue weighted by molar-refractivity contribution is -0.137. The van der Waals surface area contributed by atoms with Gasteiger partial charge in [0, 0.05) is 13.0 Å². The fourth-order valence-electron chi connectivity index (χ4n) is 1.43. The zero-order valence-corrected chi connectivity index (χ0v) is 10.4. The van der Waals surface area contributed by atoms with Gasteiger partial charge in [0.05, 0.1) is 6.42 Å². The molecule has 0 bridgehead atoms. The summed E-state index contributed by atoms with van der Waals surface area (Å²) in [5.74, 6) is -0.0724. The first-order chi connectivity index (χ1) is 8.01. The number of hydrogen-bond donors (Lipinski definition) is 1. The van der Waals surface area contributed by atoms with E-state index in [-0.39, 0.29) is 12.8 Å². The molecule has 0 saturated heterocycles. The first-order valence-corrected chi connectivity index (χ1v) is 5.70. The van der Waals surface area contributed by atoms with Gasteiger partial charge in [-0.2, -0.15) is 4.98 Å². The van der Waals surface area contributed by atoms with Crippen molar-refractivity contribution in [1.29, 1.82) is 0 Å². The minimum Gasteiger partial charge on any atom is -0.481 e. The molecule has 0 aliphatic carbocycles. The highest BCUT2D eigenvalue weighted by molar-refractivity contribution is 5.66. The van der Waals surface area contributed by atoms with Crippen LogP contribution in [-0.2, 0) is 21.6 Å². The zero-order chi connectivity index (χ0) is 12.9. The van der Waals surface area contributed by atoms with E-state index in [9.17, 15) is 4.79 Å². The molecule has 1 atom stereocenters. The summed E-state index contributed by atoms with van der Waals surface area (Å²) in [7, 11) is 0. The maximum absolute atomic E-state index is 10.4. The van der Waals surface area contributed by atoms with Crippen molar-refractivity contribution in [2.75, 3.05) is 6.61 Å². The van der Waals surface area contributed by atoms with Crippen LogP contribution in [0.2, 0.25) is 0 Å². The minimum absolute atomic E-state index is 0.0148. The Morgan fingerprint density at radius 2 is 2.24 bits per heavy atom. The number of ether oxygens (including phenoxy) is 1. The Kier molecular flexibility index (Phi) is 4.62. The third kappa shape index (κ3) is 3.52. The largest absolute Gasteiger partial charge is 0.481 e. The van der Waals surface area contributed by atoms with E-state index in [1.54, 1.807) is 0 Å². The summed E-state index contributed by atoms with van der Waals surface area (Å²) >= 11 is 0. The molecule has 0 amide bonds. The molecule has 1 unspecified atom stereocenters. The Bertz CT molecular complexity index is 377. The molecule has 1 aromatic heterocycles. The molecule has 0 aromatic carbocycles. The van der Waals surface area contributed by atoms with Crippen LogP contribution >= 0.6 is 0 Å². The van der Waals surface area contributed by atoms with Crippen LogP contribution in [0, 0.1) is 0 Å². The molecule has 0 fully saturated rings. The maximum Gasteiger partial charge on any atom is 0.303 e. The van der Waals surface area contributed by atoms with Gasteiger partial charge in [0.15, 0.2) is 0 Å². The van der Waals surface area contributed by atoms with E-state index >= 15 is 0 Å². The molecule has 0 spiro atoms. The van der Waals surface area contributed by atoms with Crippen LogP contribution in [0.3, 0.4) is 0 Å². The first-order valence-electron chi connectivity index (χ1n) is 5.70. The van der Waals surface area contributed by atoms with Gasteiger partial charge in [-0.3, -0.25) is 4.79 Å². The molecule has 96 valence electrons. The molecule has 17 heavy (non-hydrogen) atoms. The molecule has 1 N–H and O–H groups in total. The van der Waals surface area contributed by atoms with Crippen molar-refractivity contribution >= 4 is 5.97 Å². The summed E-state index contributed by atoms with van der Waals surface area (Å²) in [4.78, 5) is 14.6. The zero-order valence-electron chi connectivity index (χ0n) is 10.4. The number of aryl methyl sites for hydroxylation is 1. The molecule has 1 heterocycles. The second-order valence-corrected chi connectivity index (χ2v) is 3.92. The number of hydrogen-bond acceptors (Lipinski definition) is 5. The van der Waals surface area contributed by atoms with E-state index in [1.165, 1.54) is 0 Å². The number of carbonyl (C=O) groups is 1. The average Bonchev–Trinajstić information content (AvgIpc) is 2.75. The molecule has 1 rings (SSSR count). The van der Waals surface area contributed by atoms with Gasteiger partial charge < -0.3 is 14.4 Å². The van der Waals surface area contributed by atoms with E-state index in [2.05, 4.69) is 10.1 Å². The number of carboxylic acids is 1. The van der Waals surface area contributed by atoms with Gasteiger partial charge in [-0.05, 0) is 20.3 Å². The Labute approximate surface area is 100.0 Å². The standard InChI is InChI=1S/C11H18N2O4/c1-4-11(3,16-5-2)10-12-8(17-13-10)6-7-9(14)15/h4-7H2,1-3H3,(H,14,15). The van der Waals surface area contributed by atoms with E-state index in [4.69, 9.17) is 14.4 Å². The Morgan fingerprint density at radius 3 is 2.76 bits per heavy atom. The van der Waals surface area contributed by atoms with Gasteiger partial charge >= 0.3 is 5.97 Å². The molecule has 6 nitrogen and oxygen atoms in total. The minimum atomic E-state index is -0.882. The van der Waals surface area contributed by atoms with E-state index in [0.717, 1.165) is 6.42 Å². The molecule has 0 aliphatic rings. The smallest absolute Gasteiger partial charge is 0.303 e. The van der Waals surface area contributed by atoms with Crippen LogP contribution in [0.5, 0.6) is 0 Å². The summed E-state index contributed by atoms with van der Waals surface area (Å²) in [6, 6.07) is 0. The lowest BCUT2D eigenvalue weighted by Gasteiger charge is -2.23. The summed E-state index contributed by atoms with van der Waals surface area (Å²) in [6.45, 7) is 6.33. The molecular weight excluding hydrogens is 224 g/mol. The SMILES string of the molecule is CCOC(C)(CC)c1noc(CCC(=O)O)n1. The second kappa shape index (κ2) is 5.77. The van der Waals surface area contributed by atoms with Crippen molar-refractivity contribution in [2.45, 2.75) is 45.6 Å². The Morgan fingerprint density at radius 1 is 1.53 bits per heavy atom. The fraction of sp³-hybridized carbons (Fsp3) is 0.727. The number of aromatic nitrogens is 2. The molecule has 0 radical (unpaired) electrons. The highest BCUT2D eigenvalue weighted by Gasteiger charge is 2.30. The van der Waals surface area contributed by atoms with Gasteiger partial charge in [-0.25, -0.2) is 0 Å². The van der Waals surface area contributed by atoms with Crippen molar-refractivity contribution in [2.24, 2.45) is 0 Å². The third-order valence-electron chi connectivity index (χ3n) is 2.63. The quantitative estimate of drug-likeness (QED) is 0.784. The normalized spacial score (nSPS) is 14.5. The summed E-state index contributed by atoms with van der Waals surface area (Å²) in [6.07, 6.45) is 0.951. The molecule has 6 heteroatoms. The van der Waals surface area contributed by atoms with Crippen molar-refractivity contribution in [3.05, 3.63) is 11.7 Å². The lowest BCUT2D eigenvalue weighted by Crippen LogP contribution is -2.26.